The van der Waals surface area contributed by atoms with Crippen molar-refractivity contribution in [3.63, 3.8) is 0 Å². The van der Waals surface area contributed by atoms with Gasteiger partial charge in [0.25, 0.3) is 11.8 Å². The number of carbonyl (C=O) groups excluding carboxylic acids is 2. The van der Waals surface area contributed by atoms with Crippen LogP contribution in [0.3, 0.4) is 0 Å². The molecule has 0 fully saturated rings. The van der Waals surface area contributed by atoms with Gasteiger partial charge in [0.15, 0.2) is 0 Å². The number of nitrogens with zero attached hydrogens (tertiary/aromatic N) is 1. The summed E-state index contributed by atoms with van der Waals surface area (Å²) in [4.78, 5) is 30.0. The van der Waals surface area contributed by atoms with Gasteiger partial charge in [-0.15, -0.1) is 0 Å². The van der Waals surface area contributed by atoms with Gasteiger partial charge in [0.05, 0.1) is 28.9 Å². The van der Waals surface area contributed by atoms with Crippen molar-refractivity contribution in [1.82, 2.24) is 4.98 Å². The number of aromatic nitrogens is 1. The molecule has 2 aromatic carbocycles. The van der Waals surface area contributed by atoms with Crippen LogP contribution in [0.5, 0.6) is 0 Å². The lowest BCUT2D eigenvalue weighted by atomic mass is 10.1. The normalized spacial score (nSPS) is 10.2. The van der Waals surface area contributed by atoms with Gasteiger partial charge in [-0.3, -0.25) is 15.0 Å². The van der Waals surface area contributed by atoms with Crippen molar-refractivity contribution in [2.75, 3.05) is 30.1 Å². The molecule has 0 saturated carbocycles. The average Bonchev–Trinajstić information content (AvgIpc) is 2.80. The number of pyridine rings is 1. The Hall–Kier alpha value is -3.91. The van der Waals surface area contributed by atoms with E-state index in [-0.39, 0.29) is 5.90 Å². The minimum Gasteiger partial charge on any atom is -0.481 e. The first-order valence-corrected chi connectivity index (χ1v) is 9.99. The second-order valence-corrected chi connectivity index (χ2v) is 7.30. The standard InChI is InChI=1S/C23H22ClN5O3/c1-13-4-8-18(17(10-13)23(31)29-20-9-6-15(24)12-27-20)28-22(30)16-7-5-14(21(25)32-3)11-19(16)26-2/h4-12,25-26H,1-3H3,(H,28,30)(H,27,29,31). The molecule has 0 atom stereocenters. The van der Waals surface area contributed by atoms with Crippen LogP contribution in [0.15, 0.2) is 54.7 Å². The zero-order valence-corrected chi connectivity index (χ0v) is 18.5. The van der Waals surface area contributed by atoms with Crippen LogP contribution in [0.25, 0.3) is 0 Å². The van der Waals surface area contributed by atoms with E-state index >= 15 is 0 Å². The van der Waals surface area contributed by atoms with E-state index in [1.165, 1.54) is 13.3 Å². The molecule has 2 amide bonds. The summed E-state index contributed by atoms with van der Waals surface area (Å²) in [6.45, 7) is 1.85. The molecule has 0 saturated heterocycles. The molecule has 1 heterocycles. The number of carbonyl (C=O) groups is 2. The first-order valence-electron chi connectivity index (χ1n) is 9.62. The van der Waals surface area contributed by atoms with E-state index in [9.17, 15) is 9.59 Å². The molecule has 0 radical (unpaired) electrons. The Morgan fingerprint density at radius 3 is 2.38 bits per heavy atom. The van der Waals surface area contributed by atoms with Crippen molar-refractivity contribution in [3.05, 3.63) is 82.0 Å². The number of rotatable bonds is 6. The van der Waals surface area contributed by atoms with Crippen LogP contribution in [0, 0.1) is 12.3 Å². The topological polar surface area (TPSA) is 116 Å². The highest BCUT2D eigenvalue weighted by Crippen LogP contribution is 2.23. The minimum atomic E-state index is -0.420. The Morgan fingerprint density at radius 1 is 0.969 bits per heavy atom. The second kappa shape index (κ2) is 9.93. The highest BCUT2D eigenvalue weighted by Gasteiger charge is 2.18. The van der Waals surface area contributed by atoms with Crippen molar-refractivity contribution >= 4 is 46.5 Å². The Balaban J connectivity index is 1.87. The third kappa shape index (κ3) is 5.22. The molecular weight excluding hydrogens is 430 g/mol. The van der Waals surface area contributed by atoms with E-state index in [0.717, 1.165) is 5.56 Å². The van der Waals surface area contributed by atoms with Crippen molar-refractivity contribution < 1.29 is 14.3 Å². The van der Waals surface area contributed by atoms with E-state index in [4.69, 9.17) is 21.7 Å². The first kappa shape index (κ1) is 22.8. The highest BCUT2D eigenvalue weighted by molar-refractivity contribution is 6.30. The van der Waals surface area contributed by atoms with Gasteiger partial charge in [-0.25, -0.2) is 4.98 Å². The summed E-state index contributed by atoms with van der Waals surface area (Å²) >= 11 is 5.84. The molecule has 3 aromatic rings. The third-order valence-electron chi connectivity index (χ3n) is 4.64. The quantitative estimate of drug-likeness (QED) is 0.324. The number of benzene rings is 2. The predicted octanol–water partition coefficient (Wildman–Crippen LogP) is 4.56. The monoisotopic (exact) mass is 451 g/mol. The number of aryl methyl sites for hydroxylation is 1. The molecular formula is C23H22ClN5O3. The van der Waals surface area contributed by atoms with Crippen molar-refractivity contribution in [2.45, 2.75) is 6.92 Å². The van der Waals surface area contributed by atoms with Crippen LogP contribution in [0.4, 0.5) is 17.2 Å². The maximum Gasteiger partial charge on any atom is 0.258 e. The van der Waals surface area contributed by atoms with E-state index in [1.54, 1.807) is 55.6 Å². The van der Waals surface area contributed by atoms with E-state index in [2.05, 4.69) is 20.9 Å². The molecule has 0 unspecified atom stereocenters. The summed E-state index contributed by atoms with van der Waals surface area (Å²) in [6.07, 6.45) is 1.43. The lowest BCUT2D eigenvalue weighted by Crippen LogP contribution is -2.20. The van der Waals surface area contributed by atoms with E-state index in [1.807, 2.05) is 6.92 Å². The maximum atomic E-state index is 13.0. The smallest absolute Gasteiger partial charge is 0.258 e. The van der Waals surface area contributed by atoms with E-state index in [0.29, 0.717) is 38.9 Å². The summed E-state index contributed by atoms with van der Waals surface area (Å²) in [5, 5.41) is 16.7. The number of methoxy groups -OCH3 is 1. The highest BCUT2D eigenvalue weighted by atomic mass is 35.5. The van der Waals surface area contributed by atoms with Crippen LogP contribution in [0.1, 0.15) is 31.8 Å². The van der Waals surface area contributed by atoms with Gasteiger partial charge in [0, 0.05) is 24.5 Å². The molecule has 0 aliphatic carbocycles. The van der Waals surface area contributed by atoms with Gasteiger partial charge in [0.2, 0.25) is 5.90 Å². The second-order valence-electron chi connectivity index (χ2n) is 6.86. The SMILES string of the molecule is CNc1cc(C(=N)OC)ccc1C(=O)Nc1ccc(C)cc1C(=O)Nc1ccc(Cl)cn1. The number of nitrogens with one attached hydrogen (secondary N) is 4. The Morgan fingerprint density at radius 2 is 1.72 bits per heavy atom. The molecule has 0 spiro atoms. The summed E-state index contributed by atoms with van der Waals surface area (Å²) in [6, 6.07) is 13.2. The summed E-state index contributed by atoms with van der Waals surface area (Å²) in [7, 11) is 3.09. The van der Waals surface area contributed by atoms with Crippen LogP contribution in [-0.2, 0) is 4.74 Å². The molecule has 0 bridgehead atoms. The van der Waals surface area contributed by atoms with Gasteiger partial charge in [-0.2, -0.15) is 0 Å². The third-order valence-corrected chi connectivity index (χ3v) is 4.86. The van der Waals surface area contributed by atoms with Gasteiger partial charge < -0.3 is 20.7 Å². The zero-order chi connectivity index (χ0) is 23.3. The van der Waals surface area contributed by atoms with Gasteiger partial charge in [-0.05, 0) is 49.4 Å². The summed E-state index contributed by atoms with van der Waals surface area (Å²) < 4.78 is 4.94. The Labute approximate surface area is 190 Å². The van der Waals surface area contributed by atoms with Crippen molar-refractivity contribution in [2.24, 2.45) is 0 Å². The number of halogens is 1. The molecule has 4 N–H and O–H groups in total. The van der Waals surface area contributed by atoms with Crippen molar-refractivity contribution in [1.29, 1.82) is 5.41 Å². The zero-order valence-electron chi connectivity index (χ0n) is 17.7. The number of anilines is 3. The lowest BCUT2D eigenvalue weighted by Gasteiger charge is -2.15. The van der Waals surface area contributed by atoms with Crippen molar-refractivity contribution in [3.8, 4) is 0 Å². The Kier molecular flexibility index (Phi) is 7.07. The largest absolute Gasteiger partial charge is 0.481 e. The first-order chi connectivity index (χ1) is 15.3. The Bertz CT molecular complexity index is 1180. The fourth-order valence-corrected chi connectivity index (χ4v) is 3.10. The fourth-order valence-electron chi connectivity index (χ4n) is 2.99. The summed E-state index contributed by atoms with van der Waals surface area (Å²) in [5.41, 5.74) is 2.90. The van der Waals surface area contributed by atoms with Crippen LogP contribution in [0.2, 0.25) is 5.02 Å². The molecule has 9 heteroatoms. The molecule has 1 aromatic heterocycles. The number of hydrogen-bond acceptors (Lipinski definition) is 6. The van der Waals surface area contributed by atoms with Gasteiger partial charge >= 0.3 is 0 Å². The van der Waals surface area contributed by atoms with Crippen LogP contribution in [-0.4, -0.2) is 36.9 Å². The maximum absolute atomic E-state index is 13.0. The van der Waals surface area contributed by atoms with E-state index < -0.39 is 11.8 Å². The predicted molar refractivity (Wildman–Crippen MR) is 126 cm³/mol. The lowest BCUT2D eigenvalue weighted by molar-refractivity contribution is 0.102. The molecule has 0 aliphatic rings. The molecule has 0 aliphatic heterocycles. The number of amides is 2. The number of hydrogen-bond donors (Lipinski definition) is 4. The summed E-state index contributed by atoms with van der Waals surface area (Å²) in [5.74, 6) is -0.502. The number of ether oxygens (including phenoxy) is 1. The molecule has 8 nitrogen and oxygen atoms in total. The fraction of sp³-hybridized carbons (Fsp3) is 0.130. The average molecular weight is 452 g/mol. The molecule has 32 heavy (non-hydrogen) atoms. The van der Waals surface area contributed by atoms with Crippen LogP contribution >= 0.6 is 11.6 Å². The van der Waals surface area contributed by atoms with Gasteiger partial charge in [-0.1, -0.05) is 23.2 Å². The van der Waals surface area contributed by atoms with Crippen LogP contribution < -0.4 is 16.0 Å². The molecule has 3 rings (SSSR count). The minimum absolute atomic E-state index is 0.0123. The molecule has 164 valence electrons. The van der Waals surface area contributed by atoms with Gasteiger partial charge in [0.1, 0.15) is 5.82 Å².